The van der Waals surface area contributed by atoms with Crippen molar-refractivity contribution in [1.29, 1.82) is 0 Å². The van der Waals surface area contributed by atoms with Crippen LogP contribution < -0.4 is 0 Å². The van der Waals surface area contributed by atoms with Crippen LogP contribution in [0, 0.1) is 13.8 Å². The first-order chi connectivity index (χ1) is 9.08. The summed E-state index contributed by atoms with van der Waals surface area (Å²) in [7, 11) is 0. The van der Waals surface area contributed by atoms with Gasteiger partial charge >= 0.3 is 0 Å². The van der Waals surface area contributed by atoms with Gasteiger partial charge in [-0.2, -0.15) is 0 Å². The third kappa shape index (κ3) is 2.13. The summed E-state index contributed by atoms with van der Waals surface area (Å²) in [6.45, 7) is 4.20. The molecule has 1 aromatic carbocycles. The van der Waals surface area contributed by atoms with E-state index in [4.69, 9.17) is 4.98 Å². The van der Waals surface area contributed by atoms with Crippen LogP contribution in [-0.4, -0.2) is 9.38 Å². The van der Waals surface area contributed by atoms with Gasteiger partial charge in [-0.05, 0) is 54.0 Å². The summed E-state index contributed by atoms with van der Waals surface area (Å²) in [6.07, 6.45) is 0. The Labute approximate surface area is 128 Å². The smallest absolute Gasteiger partial charge is 0.137 e. The number of hydrogen-bond donors (Lipinski definition) is 0. The number of rotatable bonds is 1. The van der Waals surface area contributed by atoms with Gasteiger partial charge in [-0.15, -0.1) is 0 Å². The van der Waals surface area contributed by atoms with Gasteiger partial charge in [-0.25, -0.2) is 4.98 Å². The molecule has 2 nitrogen and oxygen atoms in total. The molecular weight excluding hydrogens is 368 g/mol. The first-order valence-electron chi connectivity index (χ1n) is 5.98. The predicted molar refractivity (Wildman–Crippen MR) is 85.5 cm³/mol. The highest BCUT2D eigenvalue weighted by Gasteiger charge is 2.12. The molecule has 96 valence electrons. The van der Waals surface area contributed by atoms with Crippen LogP contribution in [0.15, 0.2) is 45.3 Å². The Kier molecular flexibility index (Phi) is 3.23. The molecule has 0 unspecified atom stereocenters. The summed E-state index contributed by atoms with van der Waals surface area (Å²) in [5.74, 6) is 0. The van der Waals surface area contributed by atoms with Crippen LogP contribution in [0.5, 0.6) is 0 Å². The maximum atomic E-state index is 4.74. The Morgan fingerprint density at radius 1 is 0.895 bits per heavy atom. The third-order valence-corrected chi connectivity index (χ3v) is 4.68. The molecule has 0 fully saturated rings. The highest BCUT2D eigenvalue weighted by Crippen LogP contribution is 2.28. The lowest BCUT2D eigenvalue weighted by Gasteiger charge is -2.04. The Hall–Kier alpha value is -1.13. The van der Waals surface area contributed by atoms with E-state index in [0.29, 0.717) is 0 Å². The first kappa shape index (κ1) is 12.9. The number of pyridine rings is 1. The van der Waals surface area contributed by atoms with Gasteiger partial charge in [0.15, 0.2) is 0 Å². The zero-order chi connectivity index (χ0) is 13.6. The van der Waals surface area contributed by atoms with E-state index in [-0.39, 0.29) is 0 Å². The van der Waals surface area contributed by atoms with Gasteiger partial charge in [-0.1, -0.05) is 28.1 Å². The molecule has 0 atom stereocenters. The monoisotopic (exact) mass is 378 g/mol. The quantitative estimate of drug-likeness (QED) is 0.571. The van der Waals surface area contributed by atoms with Gasteiger partial charge < -0.3 is 0 Å². The van der Waals surface area contributed by atoms with E-state index in [1.165, 1.54) is 5.69 Å². The Morgan fingerprint density at radius 2 is 1.58 bits per heavy atom. The molecule has 2 aromatic heterocycles. The van der Waals surface area contributed by atoms with E-state index >= 15 is 0 Å². The molecule has 0 aliphatic rings. The van der Waals surface area contributed by atoms with Crippen molar-refractivity contribution in [1.82, 2.24) is 9.38 Å². The fourth-order valence-corrected chi connectivity index (χ4v) is 2.89. The van der Waals surface area contributed by atoms with E-state index in [1.807, 2.05) is 24.3 Å². The summed E-state index contributed by atoms with van der Waals surface area (Å²) < 4.78 is 4.36. The van der Waals surface area contributed by atoms with Crippen molar-refractivity contribution in [2.75, 3.05) is 0 Å². The van der Waals surface area contributed by atoms with Crippen LogP contribution in [0.1, 0.15) is 11.4 Å². The highest BCUT2D eigenvalue weighted by atomic mass is 79.9. The normalized spacial score (nSPS) is 11.2. The second kappa shape index (κ2) is 4.76. The molecule has 0 N–H and O–H groups in total. The van der Waals surface area contributed by atoms with Crippen LogP contribution in [0.25, 0.3) is 16.9 Å². The SMILES string of the molecule is Cc1c(Br)ccc2nc(-c3ccc(Br)cc3)c(C)n12. The number of imidazole rings is 1. The van der Waals surface area contributed by atoms with Crippen LogP contribution in [0.3, 0.4) is 0 Å². The number of nitrogens with zero attached hydrogens (tertiary/aromatic N) is 2. The van der Waals surface area contributed by atoms with Crippen molar-refractivity contribution < 1.29 is 0 Å². The minimum Gasteiger partial charge on any atom is -0.300 e. The van der Waals surface area contributed by atoms with E-state index in [0.717, 1.165) is 31.5 Å². The van der Waals surface area contributed by atoms with Crippen molar-refractivity contribution in [3.63, 3.8) is 0 Å². The zero-order valence-electron chi connectivity index (χ0n) is 10.6. The van der Waals surface area contributed by atoms with Gasteiger partial charge in [0.05, 0.1) is 5.69 Å². The number of hydrogen-bond acceptors (Lipinski definition) is 1. The number of aryl methyl sites for hydroxylation is 2. The van der Waals surface area contributed by atoms with E-state index in [1.54, 1.807) is 0 Å². The molecule has 4 heteroatoms. The number of benzene rings is 1. The third-order valence-electron chi connectivity index (χ3n) is 3.31. The molecule has 3 rings (SSSR count). The molecule has 0 bridgehead atoms. The van der Waals surface area contributed by atoms with Gasteiger partial charge in [0, 0.05) is 25.9 Å². The molecular formula is C15H12Br2N2. The summed E-state index contributed by atoms with van der Waals surface area (Å²) in [6, 6.07) is 12.3. The van der Waals surface area contributed by atoms with E-state index in [2.05, 4.69) is 62.2 Å². The summed E-state index contributed by atoms with van der Waals surface area (Å²) in [5.41, 5.74) is 5.49. The summed E-state index contributed by atoms with van der Waals surface area (Å²) >= 11 is 7.03. The number of aromatic nitrogens is 2. The zero-order valence-corrected chi connectivity index (χ0v) is 13.8. The van der Waals surface area contributed by atoms with Gasteiger partial charge in [0.1, 0.15) is 5.65 Å². The molecule has 3 aromatic rings. The van der Waals surface area contributed by atoms with Crippen molar-refractivity contribution in [2.24, 2.45) is 0 Å². The fraction of sp³-hybridized carbons (Fsp3) is 0.133. The molecule has 0 spiro atoms. The second-order valence-electron chi connectivity index (χ2n) is 4.51. The Bertz CT molecular complexity index is 758. The lowest BCUT2D eigenvalue weighted by molar-refractivity contribution is 1.03. The topological polar surface area (TPSA) is 17.3 Å². The van der Waals surface area contributed by atoms with Crippen molar-refractivity contribution in [3.8, 4) is 11.3 Å². The highest BCUT2D eigenvalue weighted by molar-refractivity contribution is 9.10. The van der Waals surface area contributed by atoms with Gasteiger partial charge in [-0.3, -0.25) is 4.40 Å². The lowest BCUT2D eigenvalue weighted by atomic mass is 10.1. The second-order valence-corrected chi connectivity index (χ2v) is 6.28. The van der Waals surface area contributed by atoms with Crippen LogP contribution in [0.2, 0.25) is 0 Å². The van der Waals surface area contributed by atoms with Crippen LogP contribution >= 0.6 is 31.9 Å². The van der Waals surface area contributed by atoms with E-state index < -0.39 is 0 Å². The molecule has 0 radical (unpaired) electrons. The largest absolute Gasteiger partial charge is 0.300 e. The maximum Gasteiger partial charge on any atom is 0.137 e. The predicted octanol–water partition coefficient (Wildman–Crippen LogP) is 5.14. The lowest BCUT2D eigenvalue weighted by Crippen LogP contribution is -1.94. The van der Waals surface area contributed by atoms with Gasteiger partial charge in [0.2, 0.25) is 0 Å². The van der Waals surface area contributed by atoms with Crippen LogP contribution in [0.4, 0.5) is 0 Å². The summed E-state index contributed by atoms with van der Waals surface area (Å²) in [5, 5.41) is 0. The van der Waals surface area contributed by atoms with Crippen molar-refractivity contribution in [2.45, 2.75) is 13.8 Å². The minimum atomic E-state index is 0.983. The number of halogens is 2. The molecule has 0 aliphatic carbocycles. The Morgan fingerprint density at radius 3 is 2.26 bits per heavy atom. The molecule has 0 saturated heterocycles. The van der Waals surface area contributed by atoms with Gasteiger partial charge in [0.25, 0.3) is 0 Å². The average molecular weight is 380 g/mol. The van der Waals surface area contributed by atoms with Crippen molar-refractivity contribution >= 4 is 37.5 Å². The molecule has 0 saturated carbocycles. The van der Waals surface area contributed by atoms with E-state index in [9.17, 15) is 0 Å². The van der Waals surface area contributed by atoms with Crippen molar-refractivity contribution in [3.05, 3.63) is 56.7 Å². The summed E-state index contributed by atoms with van der Waals surface area (Å²) in [4.78, 5) is 4.74. The molecule has 0 aliphatic heterocycles. The fourth-order valence-electron chi connectivity index (χ4n) is 2.31. The molecule has 2 heterocycles. The minimum absolute atomic E-state index is 0.983. The Balaban J connectivity index is 2.28. The maximum absolute atomic E-state index is 4.74. The standard InChI is InChI=1S/C15H12Br2N2/c1-9-13(17)7-8-14-18-15(10(2)19(9)14)11-3-5-12(16)6-4-11/h3-8H,1-2H3. The van der Waals surface area contributed by atoms with Crippen LogP contribution in [-0.2, 0) is 0 Å². The number of fused-ring (bicyclic) bond motifs is 1. The molecule has 19 heavy (non-hydrogen) atoms. The molecule has 0 amide bonds. The first-order valence-corrected chi connectivity index (χ1v) is 7.56. The average Bonchev–Trinajstić information content (AvgIpc) is 2.73.